The number of carbonyl (C=O) groups is 1. The molecule has 0 saturated carbocycles. The molecule has 1 aliphatic rings. The molecule has 0 saturated heterocycles. The van der Waals surface area contributed by atoms with Crippen molar-refractivity contribution in [3.63, 3.8) is 0 Å². The van der Waals surface area contributed by atoms with Crippen molar-refractivity contribution in [3.8, 4) is 5.75 Å². The first-order valence-electron chi connectivity index (χ1n) is 9.58. The first-order valence-corrected chi connectivity index (χ1v) is 11.0. The number of fused-ring (bicyclic) bond motifs is 1. The first kappa shape index (κ1) is 20.0. The summed E-state index contributed by atoms with van der Waals surface area (Å²) in [5, 5.41) is 2.70. The van der Waals surface area contributed by atoms with Crippen LogP contribution in [0.1, 0.15) is 16.9 Å². The maximum Gasteiger partial charge on any atom is 0.264 e. The predicted octanol–water partition coefficient (Wildman–Crippen LogP) is 3.03. The molecular formula is C22H22N2O5S. The van der Waals surface area contributed by atoms with Gasteiger partial charge < -0.3 is 14.5 Å². The van der Waals surface area contributed by atoms with Gasteiger partial charge in [-0.3, -0.25) is 9.10 Å². The zero-order valence-electron chi connectivity index (χ0n) is 16.5. The van der Waals surface area contributed by atoms with Crippen molar-refractivity contribution in [1.82, 2.24) is 5.32 Å². The van der Waals surface area contributed by atoms with E-state index in [0.29, 0.717) is 30.0 Å². The molecule has 1 aliphatic heterocycles. The van der Waals surface area contributed by atoms with Crippen LogP contribution in [-0.4, -0.2) is 27.5 Å². The summed E-state index contributed by atoms with van der Waals surface area (Å²) >= 11 is 0. The van der Waals surface area contributed by atoms with Crippen molar-refractivity contribution in [1.29, 1.82) is 0 Å². The highest BCUT2D eigenvalue weighted by Crippen LogP contribution is 2.33. The minimum atomic E-state index is -3.67. The Kier molecular flexibility index (Phi) is 5.50. The molecule has 4 rings (SSSR count). The summed E-state index contributed by atoms with van der Waals surface area (Å²) in [4.78, 5) is 12.2. The van der Waals surface area contributed by atoms with E-state index in [1.54, 1.807) is 31.2 Å². The van der Waals surface area contributed by atoms with Gasteiger partial charge in [-0.2, -0.15) is 0 Å². The lowest BCUT2D eigenvalue weighted by Crippen LogP contribution is -2.29. The van der Waals surface area contributed by atoms with Crippen LogP contribution in [-0.2, 0) is 27.8 Å². The van der Waals surface area contributed by atoms with E-state index in [2.05, 4.69) is 5.32 Å². The van der Waals surface area contributed by atoms with Crippen molar-refractivity contribution in [2.75, 3.05) is 17.5 Å². The third-order valence-electron chi connectivity index (χ3n) is 4.98. The fourth-order valence-electron chi connectivity index (χ4n) is 3.42. The number of amides is 1. The lowest BCUT2D eigenvalue weighted by Gasteiger charge is -2.20. The maximum atomic E-state index is 13.1. The van der Waals surface area contributed by atoms with Gasteiger partial charge in [0.05, 0.1) is 23.4 Å². The Hall–Kier alpha value is -3.26. The zero-order valence-corrected chi connectivity index (χ0v) is 17.3. The molecule has 0 spiro atoms. The zero-order chi connectivity index (χ0) is 21.1. The van der Waals surface area contributed by atoms with Crippen LogP contribution in [0.25, 0.3) is 0 Å². The number of carbonyl (C=O) groups excluding carboxylic acids is 1. The molecule has 0 radical (unpaired) electrons. The summed E-state index contributed by atoms with van der Waals surface area (Å²) in [6, 6.07) is 15.7. The van der Waals surface area contributed by atoms with Gasteiger partial charge in [0, 0.05) is 6.54 Å². The van der Waals surface area contributed by atoms with E-state index in [1.165, 1.54) is 16.6 Å². The summed E-state index contributed by atoms with van der Waals surface area (Å²) in [7, 11) is -3.67. The third kappa shape index (κ3) is 4.04. The Bertz CT molecular complexity index is 1160. The van der Waals surface area contributed by atoms with Gasteiger partial charge in [0.15, 0.2) is 6.61 Å². The van der Waals surface area contributed by atoms with E-state index in [0.717, 1.165) is 11.3 Å². The first-order chi connectivity index (χ1) is 14.4. The van der Waals surface area contributed by atoms with Gasteiger partial charge in [-0.05, 0) is 60.9 Å². The standard InChI is InChI=1S/C22H22N2O5S/c1-16-13-19(30(26,27)24-11-10-17-5-2-3-7-20(17)24)8-9-21(16)29-15-22(25)23-14-18-6-4-12-28-18/h2-9,12-13H,10-11,14-15H2,1H3,(H,23,25). The topological polar surface area (TPSA) is 88.8 Å². The highest BCUT2D eigenvalue weighted by atomic mass is 32.2. The molecule has 30 heavy (non-hydrogen) atoms. The number of nitrogens with zero attached hydrogens (tertiary/aromatic N) is 1. The summed E-state index contributed by atoms with van der Waals surface area (Å²) in [5.74, 6) is 0.817. The van der Waals surface area contributed by atoms with Crippen LogP contribution in [0.3, 0.4) is 0 Å². The number of ether oxygens (including phenoxy) is 1. The van der Waals surface area contributed by atoms with E-state index < -0.39 is 10.0 Å². The van der Waals surface area contributed by atoms with E-state index in [4.69, 9.17) is 9.15 Å². The number of furan rings is 1. The third-order valence-corrected chi connectivity index (χ3v) is 6.79. The maximum absolute atomic E-state index is 13.1. The molecule has 2 aromatic carbocycles. The van der Waals surface area contributed by atoms with Gasteiger partial charge in [0.2, 0.25) is 0 Å². The molecule has 0 atom stereocenters. The van der Waals surface area contributed by atoms with Crippen molar-refractivity contribution < 1.29 is 22.4 Å². The number of rotatable bonds is 7. The van der Waals surface area contributed by atoms with Gasteiger partial charge in [0.1, 0.15) is 11.5 Å². The fraction of sp³-hybridized carbons (Fsp3) is 0.227. The van der Waals surface area contributed by atoms with Crippen molar-refractivity contribution in [3.05, 3.63) is 77.7 Å². The molecule has 0 fully saturated rings. The summed E-state index contributed by atoms with van der Waals surface area (Å²) in [5.41, 5.74) is 2.39. The lowest BCUT2D eigenvalue weighted by molar-refractivity contribution is -0.123. The monoisotopic (exact) mass is 426 g/mol. The molecule has 1 amide bonds. The number of para-hydroxylation sites is 1. The van der Waals surface area contributed by atoms with Crippen molar-refractivity contribution in [2.24, 2.45) is 0 Å². The molecule has 0 aliphatic carbocycles. The van der Waals surface area contributed by atoms with E-state index >= 15 is 0 Å². The van der Waals surface area contributed by atoms with Crippen molar-refractivity contribution >= 4 is 21.6 Å². The van der Waals surface area contributed by atoms with Gasteiger partial charge in [-0.25, -0.2) is 8.42 Å². The molecule has 1 N–H and O–H groups in total. The van der Waals surface area contributed by atoms with Gasteiger partial charge >= 0.3 is 0 Å². The minimum Gasteiger partial charge on any atom is -0.484 e. The smallest absolute Gasteiger partial charge is 0.264 e. The largest absolute Gasteiger partial charge is 0.484 e. The predicted molar refractivity (Wildman–Crippen MR) is 112 cm³/mol. The van der Waals surface area contributed by atoms with Crippen molar-refractivity contribution in [2.45, 2.75) is 24.8 Å². The Morgan fingerprint density at radius 3 is 2.77 bits per heavy atom. The second-order valence-corrected chi connectivity index (χ2v) is 8.89. The molecule has 0 bridgehead atoms. The Morgan fingerprint density at radius 2 is 2.00 bits per heavy atom. The number of anilines is 1. The number of nitrogens with one attached hydrogen (secondary N) is 1. The van der Waals surface area contributed by atoms with E-state index in [-0.39, 0.29) is 24.0 Å². The molecule has 7 nitrogen and oxygen atoms in total. The van der Waals surface area contributed by atoms with Gasteiger partial charge in [-0.15, -0.1) is 0 Å². The van der Waals surface area contributed by atoms with Gasteiger partial charge in [0.25, 0.3) is 15.9 Å². The van der Waals surface area contributed by atoms with E-state index in [1.807, 2.05) is 24.3 Å². The average Bonchev–Trinajstić information content (AvgIpc) is 3.41. The minimum absolute atomic E-state index is 0.173. The molecule has 1 aromatic heterocycles. The number of hydrogen-bond donors (Lipinski definition) is 1. The average molecular weight is 426 g/mol. The number of benzene rings is 2. The highest BCUT2D eigenvalue weighted by molar-refractivity contribution is 7.92. The van der Waals surface area contributed by atoms with Crippen LogP contribution in [0.5, 0.6) is 5.75 Å². The summed E-state index contributed by atoms with van der Waals surface area (Å²) < 4.78 is 38.4. The summed E-state index contributed by atoms with van der Waals surface area (Å²) in [6.45, 7) is 2.29. The summed E-state index contributed by atoms with van der Waals surface area (Å²) in [6.07, 6.45) is 2.24. The van der Waals surface area contributed by atoms with Crippen LogP contribution >= 0.6 is 0 Å². The number of hydrogen-bond acceptors (Lipinski definition) is 5. The quantitative estimate of drug-likeness (QED) is 0.627. The molecule has 2 heterocycles. The van der Waals surface area contributed by atoms with Crippen LogP contribution in [0.4, 0.5) is 5.69 Å². The molecule has 0 unspecified atom stereocenters. The molecule has 156 valence electrons. The molecule has 3 aromatic rings. The SMILES string of the molecule is Cc1cc(S(=O)(=O)N2CCc3ccccc32)ccc1OCC(=O)NCc1ccco1. The normalized spacial score (nSPS) is 13.2. The Balaban J connectivity index is 1.42. The molecule has 8 heteroatoms. The second kappa shape index (κ2) is 8.23. The highest BCUT2D eigenvalue weighted by Gasteiger charge is 2.30. The molecular weight excluding hydrogens is 404 g/mol. The van der Waals surface area contributed by atoms with Crippen LogP contribution in [0.15, 0.2) is 70.2 Å². The lowest BCUT2D eigenvalue weighted by atomic mass is 10.2. The van der Waals surface area contributed by atoms with E-state index in [9.17, 15) is 13.2 Å². The number of sulfonamides is 1. The van der Waals surface area contributed by atoms with Crippen LogP contribution in [0.2, 0.25) is 0 Å². The fourth-order valence-corrected chi connectivity index (χ4v) is 5.01. The second-order valence-electron chi connectivity index (χ2n) is 7.03. The van der Waals surface area contributed by atoms with Crippen LogP contribution in [0, 0.1) is 6.92 Å². The van der Waals surface area contributed by atoms with Gasteiger partial charge in [-0.1, -0.05) is 18.2 Å². The van der Waals surface area contributed by atoms with Crippen LogP contribution < -0.4 is 14.4 Å². The number of aryl methyl sites for hydroxylation is 1. The Morgan fingerprint density at radius 1 is 1.17 bits per heavy atom. The Labute approximate surface area is 175 Å².